The lowest BCUT2D eigenvalue weighted by molar-refractivity contribution is -0.139. The zero-order valence-corrected chi connectivity index (χ0v) is 17.7. The van der Waals surface area contributed by atoms with Gasteiger partial charge >= 0.3 is 0 Å². The standard InChI is InChI=1S/C22H20Cl2N2O3/c1-21(2,3)11-26-19(28)18(27)17(12-5-4-6-13(23)9-12)22(26)15-8-7-14(24)10-16(15)25-20(22)29/h4-10,27H,11H2,1-3H3,(H,25,29). The molecule has 2 aliphatic heterocycles. The van der Waals surface area contributed by atoms with Crippen molar-refractivity contribution in [1.82, 2.24) is 4.90 Å². The number of aliphatic hydroxyl groups excluding tert-OH is 1. The van der Waals surface area contributed by atoms with Crippen molar-refractivity contribution in [3.8, 4) is 0 Å². The van der Waals surface area contributed by atoms with Crippen LogP contribution in [0.1, 0.15) is 31.9 Å². The average Bonchev–Trinajstić information content (AvgIpc) is 3.01. The number of rotatable bonds is 2. The molecule has 1 atom stereocenters. The maximum absolute atomic E-state index is 13.5. The summed E-state index contributed by atoms with van der Waals surface area (Å²) in [6, 6.07) is 11.8. The van der Waals surface area contributed by atoms with Gasteiger partial charge in [0.1, 0.15) is 0 Å². The number of hydrogen-bond donors (Lipinski definition) is 2. The fourth-order valence-electron chi connectivity index (χ4n) is 4.13. The summed E-state index contributed by atoms with van der Waals surface area (Å²) in [6.07, 6.45) is 0. The van der Waals surface area contributed by atoms with Crippen LogP contribution < -0.4 is 5.32 Å². The summed E-state index contributed by atoms with van der Waals surface area (Å²) < 4.78 is 0. The average molecular weight is 431 g/mol. The van der Waals surface area contributed by atoms with Crippen LogP contribution in [0.4, 0.5) is 5.69 Å². The molecule has 0 fully saturated rings. The zero-order chi connectivity index (χ0) is 21.1. The normalized spacial score (nSPS) is 21.2. The molecular weight excluding hydrogens is 411 g/mol. The zero-order valence-electron chi connectivity index (χ0n) is 16.2. The SMILES string of the molecule is CC(C)(C)CN1C(=O)C(O)=C(c2cccc(Cl)c2)C12C(=O)Nc1cc(Cl)ccc12. The molecule has 1 unspecified atom stereocenters. The molecule has 0 aromatic heterocycles. The molecule has 0 saturated carbocycles. The van der Waals surface area contributed by atoms with Crippen molar-refractivity contribution in [2.75, 3.05) is 11.9 Å². The highest BCUT2D eigenvalue weighted by atomic mass is 35.5. The smallest absolute Gasteiger partial charge is 0.290 e. The van der Waals surface area contributed by atoms with Gasteiger partial charge in [-0.3, -0.25) is 9.59 Å². The van der Waals surface area contributed by atoms with E-state index in [1.165, 1.54) is 4.90 Å². The van der Waals surface area contributed by atoms with E-state index in [0.717, 1.165) is 0 Å². The van der Waals surface area contributed by atoms with Gasteiger partial charge in [0, 0.05) is 33.4 Å². The molecule has 29 heavy (non-hydrogen) atoms. The first kappa shape index (κ1) is 19.8. The van der Waals surface area contributed by atoms with E-state index in [2.05, 4.69) is 5.32 Å². The van der Waals surface area contributed by atoms with Crippen LogP contribution in [-0.4, -0.2) is 28.4 Å². The molecule has 2 N–H and O–H groups in total. The number of anilines is 1. The summed E-state index contributed by atoms with van der Waals surface area (Å²) in [7, 11) is 0. The molecule has 2 amide bonds. The van der Waals surface area contributed by atoms with Crippen LogP contribution in [0.25, 0.3) is 5.57 Å². The molecule has 2 aliphatic rings. The van der Waals surface area contributed by atoms with Crippen molar-refractivity contribution < 1.29 is 14.7 Å². The lowest BCUT2D eigenvalue weighted by Crippen LogP contribution is -2.52. The maximum atomic E-state index is 13.5. The van der Waals surface area contributed by atoms with Gasteiger partial charge in [0.2, 0.25) is 0 Å². The number of nitrogens with one attached hydrogen (secondary N) is 1. The Morgan fingerprint density at radius 2 is 1.76 bits per heavy atom. The molecule has 2 aromatic carbocycles. The Morgan fingerprint density at radius 1 is 1.07 bits per heavy atom. The second-order valence-electron chi connectivity index (χ2n) is 8.54. The number of hydrogen-bond acceptors (Lipinski definition) is 3. The van der Waals surface area contributed by atoms with Gasteiger partial charge in [-0.25, -0.2) is 0 Å². The first-order valence-corrected chi connectivity index (χ1v) is 9.94. The molecule has 150 valence electrons. The van der Waals surface area contributed by atoms with E-state index >= 15 is 0 Å². The Balaban J connectivity index is 2.05. The molecule has 0 aliphatic carbocycles. The molecule has 0 bridgehead atoms. The van der Waals surface area contributed by atoms with Crippen molar-refractivity contribution in [2.24, 2.45) is 5.41 Å². The molecule has 1 spiro atoms. The Labute approximate surface area is 178 Å². The third-order valence-electron chi connectivity index (χ3n) is 5.15. The van der Waals surface area contributed by atoms with E-state index in [1.807, 2.05) is 20.8 Å². The Bertz CT molecular complexity index is 1090. The molecule has 4 rings (SSSR count). The van der Waals surface area contributed by atoms with E-state index in [-0.39, 0.29) is 17.5 Å². The van der Waals surface area contributed by atoms with Crippen molar-refractivity contribution in [3.05, 3.63) is 69.4 Å². The van der Waals surface area contributed by atoms with Gasteiger partial charge in [0.25, 0.3) is 11.8 Å². The van der Waals surface area contributed by atoms with Crippen LogP contribution in [0.5, 0.6) is 0 Å². The molecule has 5 nitrogen and oxygen atoms in total. The fraction of sp³-hybridized carbons (Fsp3) is 0.273. The van der Waals surface area contributed by atoms with Crippen LogP contribution in [0.2, 0.25) is 10.0 Å². The van der Waals surface area contributed by atoms with Gasteiger partial charge in [-0.05, 0) is 35.2 Å². The van der Waals surface area contributed by atoms with Crippen LogP contribution in [0.15, 0.2) is 48.2 Å². The van der Waals surface area contributed by atoms with Crippen molar-refractivity contribution in [2.45, 2.75) is 26.3 Å². The van der Waals surface area contributed by atoms with Gasteiger partial charge in [0.15, 0.2) is 11.3 Å². The van der Waals surface area contributed by atoms with E-state index in [0.29, 0.717) is 26.9 Å². The first-order valence-electron chi connectivity index (χ1n) is 9.19. The van der Waals surface area contributed by atoms with Gasteiger partial charge in [-0.15, -0.1) is 0 Å². The molecule has 7 heteroatoms. The number of carbonyl (C=O) groups is 2. The topological polar surface area (TPSA) is 69.6 Å². The van der Waals surface area contributed by atoms with Crippen LogP contribution in [0.3, 0.4) is 0 Å². The van der Waals surface area contributed by atoms with Crippen molar-refractivity contribution in [1.29, 1.82) is 0 Å². The van der Waals surface area contributed by atoms with Crippen molar-refractivity contribution >= 4 is 46.3 Å². The van der Waals surface area contributed by atoms with E-state index < -0.39 is 23.1 Å². The molecular formula is C22H20Cl2N2O3. The highest BCUT2D eigenvalue weighted by molar-refractivity contribution is 6.32. The number of benzene rings is 2. The largest absolute Gasteiger partial charge is 0.503 e. The Kier molecular flexibility index (Phi) is 4.44. The van der Waals surface area contributed by atoms with Crippen molar-refractivity contribution in [3.63, 3.8) is 0 Å². The predicted octanol–water partition coefficient (Wildman–Crippen LogP) is 5.00. The van der Waals surface area contributed by atoms with Crippen LogP contribution >= 0.6 is 23.2 Å². The summed E-state index contributed by atoms with van der Waals surface area (Å²) >= 11 is 12.3. The number of aliphatic hydroxyl groups is 1. The predicted molar refractivity (Wildman–Crippen MR) is 114 cm³/mol. The minimum absolute atomic E-state index is 0.229. The van der Waals surface area contributed by atoms with Gasteiger partial charge < -0.3 is 15.3 Å². The number of carbonyl (C=O) groups excluding carboxylic acids is 2. The van der Waals surface area contributed by atoms with Gasteiger partial charge in [0.05, 0.1) is 0 Å². The lowest BCUT2D eigenvalue weighted by Gasteiger charge is -2.39. The van der Waals surface area contributed by atoms with E-state index in [1.54, 1.807) is 42.5 Å². The third-order valence-corrected chi connectivity index (χ3v) is 5.62. The monoisotopic (exact) mass is 430 g/mol. The molecule has 2 aromatic rings. The summed E-state index contributed by atoms with van der Waals surface area (Å²) in [6.45, 7) is 6.17. The second-order valence-corrected chi connectivity index (χ2v) is 9.41. The number of amides is 2. The lowest BCUT2D eigenvalue weighted by atomic mass is 9.79. The summed E-state index contributed by atoms with van der Waals surface area (Å²) in [5.74, 6) is -1.45. The highest BCUT2D eigenvalue weighted by Gasteiger charge is 2.62. The summed E-state index contributed by atoms with van der Waals surface area (Å²) in [4.78, 5) is 28.2. The second kappa shape index (κ2) is 6.51. The quantitative estimate of drug-likeness (QED) is 0.703. The van der Waals surface area contributed by atoms with E-state index in [4.69, 9.17) is 23.2 Å². The molecule has 0 saturated heterocycles. The third kappa shape index (κ3) is 2.92. The molecule has 2 heterocycles. The highest BCUT2D eigenvalue weighted by Crippen LogP contribution is 2.55. The van der Waals surface area contributed by atoms with Crippen LogP contribution in [-0.2, 0) is 15.1 Å². The van der Waals surface area contributed by atoms with E-state index in [9.17, 15) is 14.7 Å². The summed E-state index contributed by atoms with van der Waals surface area (Å²) in [5.41, 5.74) is 0.0128. The fourth-order valence-corrected chi connectivity index (χ4v) is 4.50. The minimum atomic E-state index is -1.50. The Morgan fingerprint density at radius 3 is 2.41 bits per heavy atom. The summed E-state index contributed by atoms with van der Waals surface area (Å²) in [5, 5.41) is 14.7. The maximum Gasteiger partial charge on any atom is 0.290 e. The number of halogens is 2. The minimum Gasteiger partial charge on any atom is -0.503 e. The van der Waals surface area contributed by atoms with Gasteiger partial charge in [-0.1, -0.05) is 62.2 Å². The van der Waals surface area contributed by atoms with Crippen LogP contribution in [0, 0.1) is 5.41 Å². The van der Waals surface area contributed by atoms with Gasteiger partial charge in [-0.2, -0.15) is 0 Å². The molecule has 0 radical (unpaired) electrons. The first-order chi connectivity index (χ1) is 13.6. The number of nitrogens with zero attached hydrogens (tertiary/aromatic N) is 1. The number of fused-ring (bicyclic) bond motifs is 2. The Hall–Kier alpha value is -2.50.